The standard InChI is InChI=1S/C21H33O4.Rf/c1-15-7-13-19(14-8-15)25-21(23)17-11-9-16(10-12-17)20(22)24-18-5-3-2-4-6-18;/h2,15-19H,3-14H2,1H3;/q-1;. The number of carbonyl (C=O) groups excluding carboxylic acids is 2. The van der Waals surface area contributed by atoms with Gasteiger partial charge in [0.05, 0.1) is 17.9 Å². The van der Waals surface area contributed by atoms with Crippen LogP contribution in [0.3, 0.4) is 0 Å². The second-order valence-electron chi connectivity index (χ2n) is 8.37. The molecule has 0 N–H and O–H groups in total. The van der Waals surface area contributed by atoms with Gasteiger partial charge in [-0.15, -0.1) is 0 Å². The average Bonchev–Trinajstić information content (AvgIpc) is 2.64. The molecule has 3 aliphatic carbocycles. The molecule has 4 nitrogen and oxygen atoms in total. The van der Waals surface area contributed by atoms with Gasteiger partial charge in [-0.25, -0.2) is 0 Å². The molecule has 0 aromatic heterocycles. The first-order valence-corrected chi connectivity index (χ1v) is 10.3. The number of hydrogen-bond acceptors (Lipinski definition) is 4. The first-order valence-electron chi connectivity index (χ1n) is 10.3. The molecule has 0 amide bonds. The Morgan fingerprint density at radius 1 is 0.692 bits per heavy atom. The molecule has 3 saturated carbocycles. The van der Waals surface area contributed by atoms with Gasteiger partial charge in [0, 0.05) is 0 Å². The van der Waals surface area contributed by atoms with Gasteiger partial charge in [0.2, 0.25) is 0 Å². The fourth-order valence-electron chi connectivity index (χ4n) is 4.45. The van der Waals surface area contributed by atoms with Gasteiger partial charge in [-0.1, -0.05) is 6.92 Å². The van der Waals surface area contributed by atoms with E-state index in [1.165, 1.54) is 0 Å². The molecule has 0 aromatic carbocycles. The van der Waals surface area contributed by atoms with E-state index in [1.807, 2.05) is 0 Å². The summed E-state index contributed by atoms with van der Waals surface area (Å²) in [5.74, 6) is 0.644. The van der Waals surface area contributed by atoms with Gasteiger partial charge in [0.1, 0.15) is 6.10 Å². The minimum atomic E-state index is -0.0417. The van der Waals surface area contributed by atoms with Gasteiger partial charge < -0.3 is 15.9 Å². The van der Waals surface area contributed by atoms with Crippen molar-refractivity contribution >= 4 is 11.9 Å². The van der Waals surface area contributed by atoms with Crippen LogP contribution in [0.5, 0.6) is 0 Å². The van der Waals surface area contributed by atoms with Crippen molar-refractivity contribution in [3.63, 3.8) is 0 Å². The van der Waals surface area contributed by atoms with Crippen molar-refractivity contribution in [2.24, 2.45) is 17.8 Å². The van der Waals surface area contributed by atoms with Crippen LogP contribution in [-0.2, 0) is 19.1 Å². The molecule has 0 heterocycles. The average molecular weight is 616 g/mol. The Bertz CT molecular complexity index is 445. The second-order valence-corrected chi connectivity index (χ2v) is 8.37. The van der Waals surface area contributed by atoms with E-state index >= 15 is 0 Å². The van der Waals surface area contributed by atoms with Gasteiger partial charge in [0.15, 0.2) is 0 Å². The fourth-order valence-corrected chi connectivity index (χ4v) is 4.45. The molecule has 0 aliphatic heterocycles. The Kier molecular flexibility index (Phi) is 7.47. The third-order valence-electron chi connectivity index (χ3n) is 6.31. The van der Waals surface area contributed by atoms with Crippen molar-refractivity contribution in [3.05, 3.63) is 6.42 Å². The van der Waals surface area contributed by atoms with Gasteiger partial charge in [-0.05, 0) is 70.1 Å². The van der Waals surface area contributed by atoms with Crippen molar-refractivity contribution < 1.29 is 19.1 Å². The maximum absolute atomic E-state index is 12.4. The third-order valence-corrected chi connectivity index (χ3v) is 6.31. The summed E-state index contributed by atoms with van der Waals surface area (Å²) in [4.78, 5) is 24.7. The van der Waals surface area contributed by atoms with E-state index in [0.717, 1.165) is 83.0 Å². The first-order chi connectivity index (χ1) is 12.1. The first kappa shape index (κ1) is 20.3. The summed E-state index contributed by atoms with van der Waals surface area (Å²) in [7, 11) is 0. The van der Waals surface area contributed by atoms with E-state index in [-0.39, 0.29) is 36.0 Å². The molecule has 3 rings (SSSR count). The summed E-state index contributed by atoms with van der Waals surface area (Å²) in [6.07, 6.45) is 13.9. The Balaban J connectivity index is 0.00000243. The predicted molar refractivity (Wildman–Crippen MR) is 95.6 cm³/mol. The van der Waals surface area contributed by atoms with E-state index in [4.69, 9.17) is 9.47 Å². The zero-order chi connectivity index (χ0) is 17.6. The third kappa shape index (κ3) is 5.47. The van der Waals surface area contributed by atoms with Crippen LogP contribution in [-0.4, -0.2) is 24.1 Å². The molecule has 3 fully saturated rings. The van der Waals surface area contributed by atoms with E-state index in [9.17, 15) is 9.59 Å². The van der Waals surface area contributed by atoms with Crippen molar-refractivity contribution in [1.82, 2.24) is 0 Å². The maximum Gasteiger partial charge on any atom is 0.309 e. The monoisotopic (exact) mass is 616 g/mol. The largest absolute Gasteiger partial charge is 0.462 e. The topological polar surface area (TPSA) is 52.6 Å². The van der Waals surface area contributed by atoms with E-state index in [1.54, 1.807) is 0 Å². The zero-order valence-electron chi connectivity index (χ0n) is 16.3. The molecule has 5 heteroatoms. The summed E-state index contributed by atoms with van der Waals surface area (Å²) in [6.45, 7) is 2.27. The van der Waals surface area contributed by atoms with Gasteiger partial charge >= 0.3 is 11.9 Å². The SMILES string of the molecule is CC1CCC(OC(=O)C2CCC(C(=O)OC3CC[CH-]CC3)CC2)CC1.[Rf]. The van der Waals surface area contributed by atoms with Gasteiger partial charge in [-0.2, -0.15) is 12.8 Å². The summed E-state index contributed by atoms with van der Waals surface area (Å²) >= 11 is 0. The quantitative estimate of drug-likeness (QED) is 0.343. The molecule has 0 radical (unpaired) electrons. The van der Waals surface area contributed by atoms with Crippen LogP contribution in [0.4, 0.5) is 0 Å². The molecule has 0 atom stereocenters. The van der Waals surface area contributed by atoms with Crippen molar-refractivity contribution in [3.8, 4) is 0 Å². The zero-order valence-corrected chi connectivity index (χ0v) is 22.7. The van der Waals surface area contributed by atoms with Crippen LogP contribution in [0, 0.1) is 24.2 Å². The van der Waals surface area contributed by atoms with Crippen molar-refractivity contribution in [2.45, 2.75) is 96.2 Å². The summed E-state index contributed by atoms with van der Waals surface area (Å²) < 4.78 is 11.4. The van der Waals surface area contributed by atoms with Crippen LogP contribution in [0.25, 0.3) is 0 Å². The molecular formula is C21H33O4Rf-. The fraction of sp³-hybridized carbons (Fsp3) is 0.857. The molecule has 26 heavy (non-hydrogen) atoms. The van der Waals surface area contributed by atoms with Gasteiger partial charge in [-0.3, -0.25) is 9.59 Å². The number of carbonyl (C=O) groups is 2. The van der Waals surface area contributed by atoms with Crippen LogP contribution in [0.15, 0.2) is 0 Å². The van der Waals surface area contributed by atoms with E-state index in [0.29, 0.717) is 0 Å². The minimum absolute atomic E-state index is 0. The molecule has 3 aliphatic rings. The minimum Gasteiger partial charge on any atom is -0.462 e. The summed E-state index contributed by atoms with van der Waals surface area (Å²) in [5.41, 5.74) is 0. The Hall–Kier alpha value is -2.06. The summed E-state index contributed by atoms with van der Waals surface area (Å²) in [6, 6.07) is 0. The van der Waals surface area contributed by atoms with Crippen LogP contribution in [0.1, 0.15) is 84.0 Å². The molecule has 0 unspecified atom stereocenters. The number of hydrogen-bond donors (Lipinski definition) is 0. The molecule has 0 bridgehead atoms. The maximum atomic E-state index is 12.4. The number of ether oxygens (including phenoxy) is 2. The smallest absolute Gasteiger partial charge is 0.309 e. The normalized spacial score (nSPS) is 33.0. The van der Waals surface area contributed by atoms with Crippen molar-refractivity contribution in [2.75, 3.05) is 0 Å². The number of rotatable bonds is 4. The molecule has 0 spiro atoms. The predicted octanol–water partition coefficient (Wildman–Crippen LogP) is 4.60. The van der Waals surface area contributed by atoms with E-state index < -0.39 is 0 Å². The van der Waals surface area contributed by atoms with Crippen LogP contribution in [0.2, 0.25) is 0 Å². The second kappa shape index (κ2) is 9.59. The number of esters is 2. The van der Waals surface area contributed by atoms with Crippen LogP contribution < -0.4 is 0 Å². The van der Waals surface area contributed by atoms with Crippen LogP contribution >= 0.6 is 0 Å². The Morgan fingerprint density at radius 3 is 1.58 bits per heavy atom. The van der Waals surface area contributed by atoms with E-state index in [2.05, 4.69) is 13.3 Å². The Labute approximate surface area is 152 Å². The molecule has 0 saturated heterocycles. The van der Waals surface area contributed by atoms with Crippen molar-refractivity contribution in [1.29, 1.82) is 0 Å². The van der Waals surface area contributed by atoms with Gasteiger partial charge in [0.25, 0.3) is 0 Å². The molecule has 144 valence electrons. The molecule has 0 aromatic rings. The Morgan fingerprint density at radius 2 is 1.12 bits per heavy atom. The molecular weight excluding hydrogens is 583 g/mol. The summed E-state index contributed by atoms with van der Waals surface area (Å²) in [5, 5.41) is 0.